The molecule has 0 spiro atoms. The Morgan fingerprint density at radius 3 is 2.92 bits per heavy atom. The second-order valence-corrected chi connectivity index (χ2v) is 6.88. The number of methoxy groups -OCH3 is 1. The zero-order valence-electron chi connectivity index (χ0n) is 14.7. The summed E-state index contributed by atoms with van der Waals surface area (Å²) in [6.45, 7) is 2.87. The number of amides is 1. The highest BCUT2D eigenvalue weighted by molar-refractivity contribution is 6.00. The van der Waals surface area contributed by atoms with E-state index < -0.39 is 0 Å². The highest BCUT2D eigenvalue weighted by atomic mass is 16.5. The summed E-state index contributed by atoms with van der Waals surface area (Å²) in [5, 5.41) is 0. The molecule has 2 fully saturated rings. The molecule has 3 heterocycles. The quantitative estimate of drug-likeness (QED) is 0.807. The van der Waals surface area contributed by atoms with E-state index in [9.17, 15) is 4.79 Å². The monoisotopic (exact) mass is 337 g/mol. The van der Waals surface area contributed by atoms with Crippen LogP contribution >= 0.6 is 0 Å². The number of aryl methyl sites for hydroxylation is 1. The molecule has 25 heavy (non-hydrogen) atoms. The molecule has 2 aliphatic heterocycles. The van der Waals surface area contributed by atoms with Crippen molar-refractivity contribution in [1.29, 1.82) is 0 Å². The molecule has 2 saturated heterocycles. The first kappa shape index (κ1) is 15.9. The Balaban J connectivity index is 1.64. The zero-order valence-corrected chi connectivity index (χ0v) is 14.7. The van der Waals surface area contributed by atoms with Gasteiger partial charge in [-0.05, 0) is 56.4 Å². The van der Waals surface area contributed by atoms with Gasteiger partial charge < -0.3 is 14.2 Å². The highest BCUT2D eigenvalue weighted by Crippen LogP contribution is 2.33. The van der Waals surface area contributed by atoms with Crippen LogP contribution in [-0.2, 0) is 4.79 Å². The van der Waals surface area contributed by atoms with Crippen LogP contribution in [0.5, 0.6) is 5.75 Å². The number of carbonyl (C=O) groups excluding carboxylic acids is 1. The fraction of sp³-hybridized carbons (Fsp3) is 0.400. The van der Waals surface area contributed by atoms with Crippen LogP contribution < -0.4 is 4.74 Å². The van der Waals surface area contributed by atoms with Crippen molar-refractivity contribution in [2.24, 2.45) is 0 Å². The van der Waals surface area contributed by atoms with Crippen molar-refractivity contribution < 1.29 is 9.53 Å². The molecule has 0 aliphatic carbocycles. The highest BCUT2D eigenvalue weighted by Gasteiger charge is 2.36. The van der Waals surface area contributed by atoms with Crippen molar-refractivity contribution in [3.05, 3.63) is 47.6 Å². The van der Waals surface area contributed by atoms with Crippen molar-refractivity contribution >= 4 is 12.0 Å². The van der Waals surface area contributed by atoms with Crippen LogP contribution in [0.1, 0.15) is 36.9 Å². The number of benzene rings is 1. The Morgan fingerprint density at radius 2 is 2.20 bits per heavy atom. The number of carbonyl (C=O) groups is 1. The van der Waals surface area contributed by atoms with Crippen LogP contribution in [-0.4, -0.2) is 40.1 Å². The summed E-state index contributed by atoms with van der Waals surface area (Å²) in [6, 6.07) is 6.44. The molecule has 5 nitrogen and oxygen atoms in total. The molecule has 5 heteroatoms. The summed E-state index contributed by atoms with van der Waals surface area (Å²) in [5.41, 5.74) is 3.82. The molecular formula is C20H23N3O2. The molecule has 1 aromatic carbocycles. The summed E-state index contributed by atoms with van der Waals surface area (Å²) in [6.07, 6.45) is 10.1. The first-order chi connectivity index (χ1) is 12.2. The maximum atomic E-state index is 12.6. The van der Waals surface area contributed by atoms with Crippen molar-refractivity contribution in [3.63, 3.8) is 0 Å². The van der Waals surface area contributed by atoms with Crippen LogP contribution in [0.3, 0.4) is 0 Å². The smallest absolute Gasteiger partial charge is 0.250 e. The number of imidazole rings is 1. The lowest BCUT2D eigenvalue weighted by molar-refractivity contribution is -0.127. The lowest BCUT2D eigenvalue weighted by atomic mass is 10.0. The number of rotatable bonds is 3. The molecule has 2 aliphatic rings. The molecule has 0 bridgehead atoms. The molecule has 130 valence electrons. The van der Waals surface area contributed by atoms with Gasteiger partial charge in [0.2, 0.25) is 5.91 Å². The molecule has 2 aromatic rings. The second kappa shape index (κ2) is 6.39. The normalized spacial score (nSPS) is 21.7. The van der Waals surface area contributed by atoms with E-state index in [4.69, 9.17) is 4.74 Å². The van der Waals surface area contributed by atoms with Gasteiger partial charge in [0.05, 0.1) is 24.8 Å². The van der Waals surface area contributed by atoms with Gasteiger partial charge in [-0.1, -0.05) is 6.07 Å². The van der Waals surface area contributed by atoms with Gasteiger partial charge in [-0.2, -0.15) is 0 Å². The summed E-state index contributed by atoms with van der Waals surface area (Å²) in [4.78, 5) is 18.9. The van der Waals surface area contributed by atoms with Crippen LogP contribution in [0.2, 0.25) is 0 Å². The minimum Gasteiger partial charge on any atom is -0.495 e. The van der Waals surface area contributed by atoms with Gasteiger partial charge in [0.25, 0.3) is 0 Å². The molecular weight excluding hydrogens is 314 g/mol. The van der Waals surface area contributed by atoms with Gasteiger partial charge in [0.15, 0.2) is 0 Å². The second-order valence-electron chi connectivity index (χ2n) is 6.88. The van der Waals surface area contributed by atoms with Crippen molar-refractivity contribution in [3.8, 4) is 11.4 Å². The van der Waals surface area contributed by atoms with E-state index in [2.05, 4.69) is 9.88 Å². The standard InChI is InChI=1S/C20H23N3O2/c1-14-12-22(13-21-14)18-7-6-15(10-19(18)25-2)9-16-11-17-5-3-4-8-23(17)20(16)24/h6-7,9-10,12-13,17H,3-5,8,11H2,1-2H3/t17-/m1/s1. The lowest BCUT2D eigenvalue weighted by Crippen LogP contribution is -2.37. The Kier molecular flexibility index (Phi) is 4.07. The number of ether oxygens (including phenoxy) is 1. The number of hydrogen-bond acceptors (Lipinski definition) is 3. The van der Waals surface area contributed by atoms with E-state index >= 15 is 0 Å². The molecule has 1 amide bonds. The lowest BCUT2D eigenvalue weighted by Gasteiger charge is -2.28. The van der Waals surface area contributed by atoms with E-state index in [0.717, 1.165) is 54.1 Å². The van der Waals surface area contributed by atoms with E-state index in [1.54, 1.807) is 13.4 Å². The minimum atomic E-state index is 0.206. The maximum absolute atomic E-state index is 12.6. The third kappa shape index (κ3) is 2.95. The Morgan fingerprint density at radius 1 is 1.32 bits per heavy atom. The van der Waals surface area contributed by atoms with Gasteiger partial charge in [-0.25, -0.2) is 4.98 Å². The summed E-state index contributed by atoms with van der Waals surface area (Å²) in [5.74, 6) is 0.980. The topological polar surface area (TPSA) is 47.4 Å². The van der Waals surface area contributed by atoms with Gasteiger partial charge in [0.1, 0.15) is 5.75 Å². The predicted molar refractivity (Wildman–Crippen MR) is 96.8 cm³/mol. The maximum Gasteiger partial charge on any atom is 0.250 e. The Labute approximate surface area is 147 Å². The first-order valence-corrected chi connectivity index (χ1v) is 8.86. The largest absolute Gasteiger partial charge is 0.495 e. The van der Waals surface area contributed by atoms with Gasteiger partial charge in [-0.3, -0.25) is 4.79 Å². The van der Waals surface area contributed by atoms with E-state index in [-0.39, 0.29) is 5.91 Å². The molecule has 4 rings (SSSR count). The number of aromatic nitrogens is 2. The zero-order chi connectivity index (χ0) is 17.4. The number of piperidine rings is 1. The van der Waals surface area contributed by atoms with Crippen molar-refractivity contribution in [2.75, 3.05) is 13.7 Å². The SMILES string of the molecule is COc1cc(C=C2C[C@H]3CCCCN3C2=O)ccc1-n1cnc(C)c1. The van der Waals surface area contributed by atoms with Crippen molar-refractivity contribution in [2.45, 2.75) is 38.6 Å². The van der Waals surface area contributed by atoms with E-state index in [1.807, 2.05) is 42.0 Å². The fourth-order valence-electron chi connectivity index (χ4n) is 3.88. The number of nitrogens with zero attached hydrogens (tertiary/aromatic N) is 3. The summed E-state index contributed by atoms with van der Waals surface area (Å²) >= 11 is 0. The predicted octanol–water partition coefficient (Wildman–Crippen LogP) is 3.36. The molecule has 0 unspecified atom stereocenters. The Bertz CT molecular complexity index is 837. The fourth-order valence-corrected chi connectivity index (χ4v) is 3.88. The van der Waals surface area contributed by atoms with E-state index in [1.165, 1.54) is 6.42 Å². The van der Waals surface area contributed by atoms with Crippen LogP contribution in [0.15, 0.2) is 36.3 Å². The van der Waals surface area contributed by atoms with E-state index in [0.29, 0.717) is 6.04 Å². The third-order valence-corrected chi connectivity index (χ3v) is 5.15. The average molecular weight is 337 g/mol. The van der Waals surface area contributed by atoms with Gasteiger partial charge >= 0.3 is 0 Å². The third-order valence-electron chi connectivity index (χ3n) is 5.15. The Hall–Kier alpha value is -2.56. The average Bonchev–Trinajstić information content (AvgIpc) is 3.19. The molecule has 0 N–H and O–H groups in total. The van der Waals surface area contributed by atoms with Crippen LogP contribution in [0.4, 0.5) is 0 Å². The number of hydrogen-bond donors (Lipinski definition) is 0. The minimum absolute atomic E-state index is 0.206. The number of fused-ring (bicyclic) bond motifs is 1. The van der Waals surface area contributed by atoms with Crippen molar-refractivity contribution in [1.82, 2.24) is 14.5 Å². The first-order valence-electron chi connectivity index (χ1n) is 8.86. The summed E-state index contributed by atoms with van der Waals surface area (Å²) < 4.78 is 7.51. The van der Waals surface area contributed by atoms with Gasteiger partial charge in [-0.15, -0.1) is 0 Å². The molecule has 0 radical (unpaired) electrons. The molecule has 0 saturated carbocycles. The summed E-state index contributed by atoms with van der Waals surface area (Å²) in [7, 11) is 1.67. The van der Waals surface area contributed by atoms with Crippen LogP contribution in [0, 0.1) is 6.92 Å². The van der Waals surface area contributed by atoms with Crippen LogP contribution in [0.25, 0.3) is 11.8 Å². The molecule has 1 atom stereocenters. The van der Waals surface area contributed by atoms with Gasteiger partial charge in [0, 0.05) is 24.4 Å². The molecule has 1 aromatic heterocycles.